The van der Waals surface area contributed by atoms with Crippen molar-refractivity contribution in [2.45, 2.75) is 37.2 Å². The molecule has 2 aromatic carbocycles. The molecular weight excluding hydrogens is 708 g/mol. The summed E-state index contributed by atoms with van der Waals surface area (Å²) in [5, 5.41) is 26.5. The zero-order chi connectivity index (χ0) is 30.0. The van der Waals surface area contributed by atoms with E-state index in [1.807, 2.05) is 58.3 Å². The van der Waals surface area contributed by atoms with Gasteiger partial charge in [0.25, 0.3) is 11.1 Å². The van der Waals surface area contributed by atoms with Gasteiger partial charge in [-0.2, -0.15) is 9.35 Å². The van der Waals surface area contributed by atoms with Gasteiger partial charge in [0.2, 0.25) is 22.2 Å². The topological polar surface area (TPSA) is 127 Å². The minimum atomic E-state index is -0.380. The Kier molecular flexibility index (Phi) is 9.25. The van der Waals surface area contributed by atoms with E-state index in [2.05, 4.69) is 52.3 Å². The van der Waals surface area contributed by atoms with Crippen LogP contribution in [0.15, 0.2) is 87.6 Å². The van der Waals surface area contributed by atoms with Crippen molar-refractivity contribution in [3.63, 3.8) is 0 Å². The quantitative estimate of drug-likeness (QED) is 0.244. The number of guanidine groups is 2. The molecule has 3 heterocycles. The van der Waals surface area contributed by atoms with Gasteiger partial charge < -0.3 is 0 Å². The average molecular weight is 732 g/mol. The SMILES string of the molecule is CSc1nnc(C)c(=O)n1N=C1N(Cc2ccc(Br)cc2)C(=Nn2c(SC)nnc(C)c2=O)N1Cc1ccc(Br)cc1. The molecule has 1 saturated heterocycles. The molecule has 0 unspecified atom stereocenters. The molecule has 5 rings (SSSR count). The molecule has 216 valence electrons. The second-order valence-electron chi connectivity index (χ2n) is 9.00. The first-order valence-electron chi connectivity index (χ1n) is 12.4. The number of thioether (sulfide) groups is 2. The summed E-state index contributed by atoms with van der Waals surface area (Å²) < 4.78 is 4.39. The molecule has 0 bridgehead atoms. The minimum Gasteiger partial charge on any atom is -0.274 e. The number of benzene rings is 2. The molecule has 12 nitrogen and oxygen atoms in total. The van der Waals surface area contributed by atoms with Crippen LogP contribution in [-0.2, 0) is 13.1 Å². The molecule has 2 aromatic heterocycles. The lowest BCUT2D eigenvalue weighted by Gasteiger charge is -2.46. The highest BCUT2D eigenvalue weighted by molar-refractivity contribution is 9.10. The van der Waals surface area contributed by atoms with Crippen molar-refractivity contribution in [2.24, 2.45) is 10.2 Å². The van der Waals surface area contributed by atoms with Crippen molar-refractivity contribution >= 4 is 67.3 Å². The van der Waals surface area contributed by atoms with Gasteiger partial charge in [0, 0.05) is 8.95 Å². The van der Waals surface area contributed by atoms with E-state index in [0.29, 0.717) is 35.3 Å². The Labute approximate surface area is 266 Å². The van der Waals surface area contributed by atoms with E-state index in [-0.39, 0.29) is 22.5 Å². The van der Waals surface area contributed by atoms with Gasteiger partial charge in [-0.15, -0.1) is 30.6 Å². The number of aromatic nitrogens is 6. The van der Waals surface area contributed by atoms with Gasteiger partial charge in [-0.3, -0.25) is 19.4 Å². The monoisotopic (exact) mass is 730 g/mol. The van der Waals surface area contributed by atoms with Gasteiger partial charge in [0.1, 0.15) is 11.4 Å². The third-order valence-corrected chi connectivity index (χ3v) is 8.45. The van der Waals surface area contributed by atoms with Crippen LogP contribution in [-0.4, -0.2) is 64.0 Å². The summed E-state index contributed by atoms with van der Waals surface area (Å²) in [5.41, 5.74) is 1.61. The van der Waals surface area contributed by atoms with Crippen molar-refractivity contribution in [3.05, 3.63) is 101 Å². The van der Waals surface area contributed by atoms with Crippen LogP contribution in [0.3, 0.4) is 0 Å². The number of hydrogen-bond acceptors (Lipinski definition) is 10. The Morgan fingerprint density at radius 1 is 0.643 bits per heavy atom. The molecule has 0 atom stereocenters. The van der Waals surface area contributed by atoms with E-state index in [9.17, 15) is 9.59 Å². The number of nitrogens with zero attached hydrogens (tertiary/aromatic N) is 10. The van der Waals surface area contributed by atoms with Gasteiger partial charge in [-0.05, 0) is 61.8 Å². The van der Waals surface area contributed by atoms with Crippen LogP contribution >= 0.6 is 55.4 Å². The van der Waals surface area contributed by atoms with E-state index in [1.165, 1.54) is 32.9 Å². The first-order valence-corrected chi connectivity index (χ1v) is 16.5. The summed E-state index contributed by atoms with van der Waals surface area (Å²) in [4.78, 5) is 30.0. The zero-order valence-electron chi connectivity index (χ0n) is 22.9. The molecule has 1 aliphatic heterocycles. The normalized spacial score (nSPS) is 12.9. The summed E-state index contributed by atoms with van der Waals surface area (Å²) in [6.07, 6.45) is 3.61. The van der Waals surface area contributed by atoms with Crippen molar-refractivity contribution in [3.8, 4) is 0 Å². The van der Waals surface area contributed by atoms with Gasteiger partial charge in [0.15, 0.2) is 0 Å². The van der Waals surface area contributed by atoms with E-state index in [1.54, 1.807) is 26.4 Å². The molecule has 1 aliphatic rings. The molecule has 0 aliphatic carbocycles. The molecule has 0 saturated carbocycles. The summed E-state index contributed by atoms with van der Waals surface area (Å²) >= 11 is 9.50. The van der Waals surface area contributed by atoms with Gasteiger partial charge in [-0.25, -0.2) is 0 Å². The fourth-order valence-corrected chi connectivity index (χ4v) is 5.33. The highest BCUT2D eigenvalue weighted by atomic mass is 79.9. The fraction of sp³-hybridized carbons (Fsp3) is 0.231. The summed E-state index contributed by atoms with van der Waals surface area (Å²) in [7, 11) is 0. The lowest BCUT2D eigenvalue weighted by Crippen LogP contribution is -2.65. The number of rotatable bonds is 8. The highest BCUT2D eigenvalue weighted by Crippen LogP contribution is 2.26. The maximum atomic E-state index is 13.2. The predicted octanol–water partition coefficient (Wildman–Crippen LogP) is 4.13. The third-order valence-electron chi connectivity index (χ3n) is 6.15. The van der Waals surface area contributed by atoms with Crippen molar-refractivity contribution < 1.29 is 0 Å². The first-order chi connectivity index (χ1) is 20.2. The lowest BCUT2D eigenvalue weighted by molar-refractivity contribution is 0.339. The zero-order valence-corrected chi connectivity index (χ0v) is 27.7. The average Bonchev–Trinajstić information content (AvgIpc) is 2.99. The van der Waals surface area contributed by atoms with Crippen molar-refractivity contribution in [2.75, 3.05) is 12.5 Å². The molecule has 0 radical (unpaired) electrons. The van der Waals surface area contributed by atoms with Crippen LogP contribution in [0.2, 0.25) is 0 Å². The molecular formula is C26H24Br2N10O2S2. The number of halogens is 2. The first kappa shape index (κ1) is 30.1. The molecule has 1 fully saturated rings. The smallest absolute Gasteiger partial charge is 0.274 e. The van der Waals surface area contributed by atoms with Crippen LogP contribution in [0.5, 0.6) is 0 Å². The largest absolute Gasteiger partial charge is 0.296 e. The fourth-order valence-electron chi connectivity index (χ4n) is 3.97. The molecule has 4 aromatic rings. The van der Waals surface area contributed by atoms with Crippen LogP contribution in [0.1, 0.15) is 22.5 Å². The predicted molar refractivity (Wildman–Crippen MR) is 171 cm³/mol. The second-order valence-corrected chi connectivity index (χ2v) is 12.4. The Bertz CT molecular complexity index is 1660. The molecule has 42 heavy (non-hydrogen) atoms. The Morgan fingerprint density at radius 3 is 1.33 bits per heavy atom. The summed E-state index contributed by atoms with van der Waals surface area (Å²) in [5.74, 6) is 0.892. The summed E-state index contributed by atoms with van der Waals surface area (Å²) in [6, 6.07) is 15.7. The standard InChI is InChI=1S/C26H24Br2N10O2S2/c1-15-21(39)37(25(41-3)31-29-15)33-23-35(13-17-5-9-19(27)10-6-17)24(36(23)14-18-7-11-20(28)12-8-18)34-38-22(40)16(2)30-32-26(38)42-4/h5-12H,13-14H2,1-4H3. The van der Waals surface area contributed by atoms with E-state index < -0.39 is 0 Å². The van der Waals surface area contributed by atoms with Crippen LogP contribution in [0, 0.1) is 13.8 Å². The summed E-state index contributed by atoms with van der Waals surface area (Å²) in [6.45, 7) is 3.92. The van der Waals surface area contributed by atoms with Crippen LogP contribution < -0.4 is 11.1 Å². The molecule has 0 amide bonds. The van der Waals surface area contributed by atoms with Gasteiger partial charge in [0.05, 0.1) is 13.1 Å². The van der Waals surface area contributed by atoms with E-state index in [4.69, 9.17) is 10.2 Å². The molecule has 0 spiro atoms. The number of aryl methyl sites for hydroxylation is 2. The van der Waals surface area contributed by atoms with Gasteiger partial charge in [-0.1, -0.05) is 79.6 Å². The third kappa shape index (κ3) is 6.21. The second kappa shape index (κ2) is 12.9. The Hall–Kier alpha value is -3.34. The highest BCUT2D eigenvalue weighted by Gasteiger charge is 2.41. The van der Waals surface area contributed by atoms with Crippen LogP contribution in [0.4, 0.5) is 0 Å². The van der Waals surface area contributed by atoms with Crippen molar-refractivity contribution in [1.82, 2.24) is 39.5 Å². The van der Waals surface area contributed by atoms with Crippen LogP contribution in [0.25, 0.3) is 0 Å². The maximum absolute atomic E-state index is 13.2. The van der Waals surface area contributed by atoms with Crippen molar-refractivity contribution in [1.29, 1.82) is 0 Å². The Morgan fingerprint density at radius 2 is 1.00 bits per heavy atom. The van der Waals surface area contributed by atoms with Gasteiger partial charge >= 0.3 is 0 Å². The number of hydrogen-bond donors (Lipinski definition) is 0. The minimum absolute atomic E-state index is 0.221. The molecule has 0 N–H and O–H groups in total. The lowest BCUT2D eigenvalue weighted by atomic mass is 10.1. The van der Waals surface area contributed by atoms with E-state index >= 15 is 0 Å². The maximum Gasteiger partial charge on any atom is 0.296 e. The Balaban J connectivity index is 1.72. The molecule has 16 heteroatoms. The van der Waals surface area contributed by atoms with E-state index in [0.717, 1.165) is 20.1 Å².